The molecular formula is C8H16N2O6S. The van der Waals surface area contributed by atoms with E-state index in [1.807, 2.05) is 5.32 Å². The minimum Gasteiger partial charge on any atom is -0.480 e. The van der Waals surface area contributed by atoms with Crippen LogP contribution in [-0.2, 0) is 19.7 Å². The summed E-state index contributed by atoms with van der Waals surface area (Å²) in [7, 11) is -4.44. The predicted octanol–water partition coefficient (Wildman–Crippen LogP) is -1.43. The van der Waals surface area contributed by atoms with Crippen molar-refractivity contribution in [2.24, 2.45) is 5.73 Å². The van der Waals surface area contributed by atoms with Crippen LogP contribution in [0.25, 0.3) is 0 Å². The molecule has 0 saturated carbocycles. The van der Waals surface area contributed by atoms with Gasteiger partial charge in [-0.2, -0.15) is 8.42 Å². The van der Waals surface area contributed by atoms with Crippen LogP contribution >= 0.6 is 0 Å². The van der Waals surface area contributed by atoms with Gasteiger partial charge in [-0.15, -0.1) is 0 Å². The maximum Gasteiger partial charge on any atom is 0.326 e. The summed E-state index contributed by atoms with van der Waals surface area (Å²) in [5, 5.41) is 10.8. The van der Waals surface area contributed by atoms with Crippen molar-refractivity contribution in [2.45, 2.75) is 25.3 Å². The first-order valence-electron chi connectivity index (χ1n) is 4.93. The van der Waals surface area contributed by atoms with Crippen molar-refractivity contribution in [3.8, 4) is 0 Å². The number of aliphatic carboxylic acids is 1. The largest absolute Gasteiger partial charge is 0.480 e. The zero-order valence-corrected chi connectivity index (χ0v) is 9.94. The molecule has 0 aliphatic carbocycles. The summed E-state index contributed by atoms with van der Waals surface area (Å²) in [5.41, 5.74) is 5.23. The van der Waals surface area contributed by atoms with E-state index in [0.29, 0.717) is 19.4 Å². The van der Waals surface area contributed by atoms with Gasteiger partial charge in [0, 0.05) is 0 Å². The number of amides is 1. The van der Waals surface area contributed by atoms with Gasteiger partial charge in [-0.05, 0) is 25.8 Å². The number of carbonyl (C=O) groups excluding carboxylic acids is 1. The van der Waals surface area contributed by atoms with E-state index in [2.05, 4.69) is 0 Å². The van der Waals surface area contributed by atoms with Gasteiger partial charge in [0.25, 0.3) is 10.1 Å². The van der Waals surface area contributed by atoms with Crippen LogP contribution in [0.4, 0.5) is 0 Å². The molecule has 0 aromatic carbocycles. The highest BCUT2D eigenvalue weighted by atomic mass is 32.2. The first-order valence-corrected chi connectivity index (χ1v) is 6.54. The van der Waals surface area contributed by atoms with E-state index in [1.54, 1.807) is 0 Å². The van der Waals surface area contributed by atoms with Crippen LogP contribution < -0.4 is 11.1 Å². The molecule has 1 amide bonds. The second-order valence-electron chi connectivity index (χ2n) is 3.47. The van der Waals surface area contributed by atoms with Crippen molar-refractivity contribution in [3.05, 3.63) is 0 Å². The molecule has 0 saturated heterocycles. The van der Waals surface area contributed by atoms with Gasteiger partial charge in [-0.25, -0.2) is 4.79 Å². The monoisotopic (exact) mass is 268 g/mol. The van der Waals surface area contributed by atoms with Crippen LogP contribution in [-0.4, -0.2) is 48.3 Å². The van der Waals surface area contributed by atoms with Crippen molar-refractivity contribution in [3.63, 3.8) is 0 Å². The topological polar surface area (TPSA) is 147 Å². The quantitative estimate of drug-likeness (QED) is 0.312. The van der Waals surface area contributed by atoms with E-state index in [-0.39, 0.29) is 6.42 Å². The minimum absolute atomic E-state index is 0.156. The summed E-state index contributed by atoms with van der Waals surface area (Å²) in [6.07, 6.45) is 1.27. The van der Waals surface area contributed by atoms with Crippen molar-refractivity contribution in [1.29, 1.82) is 0 Å². The summed E-state index contributed by atoms with van der Waals surface area (Å²) < 4.78 is 29.2. The number of hydrogen-bond donors (Lipinski definition) is 4. The molecule has 100 valence electrons. The highest BCUT2D eigenvalue weighted by Crippen LogP contribution is 2.01. The Morgan fingerprint density at radius 3 is 2.29 bits per heavy atom. The average Bonchev–Trinajstić information content (AvgIpc) is 2.13. The van der Waals surface area contributed by atoms with Gasteiger partial charge in [-0.3, -0.25) is 9.35 Å². The number of nitrogens with two attached hydrogens (primary N) is 1. The number of carbonyl (C=O) groups is 2. The zero-order valence-electron chi connectivity index (χ0n) is 9.13. The predicted molar refractivity (Wildman–Crippen MR) is 58.9 cm³/mol. The summed E-state index contributed by atoms with van der Waals surface area (Å²) in [6.45, 7) is 0.408. The van der Waals surface area contributed by atoms with Crippen LogP contribution in [0, 0.1) is 0 Å². The zero-order chi connectivity index (χ0) is 13.5. The fraction of sp³-hybridized carbons (Fsp3) is 0.750. The van der Waals surface area contributed by atoms with Gasteiger partial charge < -0.3 is 16.2 Å². The van der Waals surface area contributed by atoms with Gasteiger partial charge in [0.1, 0.15) is 6.04 Å². The van der Waals surface area contributed by atoms with Gasteiger partial charge >= 0.3 is 5.97 Å². The number of rotatable bonds is 8. The normalized spacial score (nSPS) is 13.1. The third kappa shape index (κ3) is 8.60. The SMILES string of the molecule is NCCCC[C@H](NC(=O)CS(=O)(=O)O)C(=O)O. The van der Waals surface area contributed by atoms with Crippen LogP contribution in [0.3, 0.4) is 0 Å². The smallest absolute Gasteiger partial charge is 0.326 e. The molecule has 0 aromatic rings. The fourth-order valence-corrected chi connectivity index (χ4v) is 1.57. The molecule has 0 aliphatic heterocycles. The fourth-order valence-electron chi connectivity index (χ4n) is 1.15. The van der Waals surface area contributed by atoms with E-state index < -0.39 is 33.8 Å². The molecule has 8 nitrogen and oxygen atoms in total. The van der Waals surface area contributed by atoms with E-state index in [9.17, 15) is 18.0 Å². The van der Waals surface area contributed by atoms with Crippen molar-refractivity contribution in [1.82, 2.24) is 5.32 Å². The van der Waals surface area contributed by atoms with E-state index in [0.717, 1.165) is 0 Å². The van der Waals surface area contributed by atoms with E-state index >= 15 is 0 Å². The molecule has 5 N–H and O–H groups in total. The van der Waals surface area contributed by atoms with Crippen LogP contribution in [0.1, 0.15) is 19.3 Å². The number of carboxylic acid groups (broad SMARTS) is 1. The van der Waals surface area contributed by atoms with E-state index in [1.165, 1.54) is 0 Å². The third-order valence-corrected chi connectivity index (χ3v) is 2.52. The lowest BCUT2D eigenvalue weighted by Gasteiger charge is -2.13. The Labute approximate surface area is 98.9 Å². The Morgan fingerprint density at radius 1 is 1.29 bits per heavy atom. The molecule has 0 radical (unpaired) electrons. The van der Waals surface area contributed by atoms with Crippen LogP contribution in [0.5, 0.6) is 0 Å². The molecule has 1 atom stereocenters. The lowest BCUT2D eigenvalue weighted by molar-refractivity contribution is -0.141. The lowest BCUT2D eigenvalue weighted by atomic mass is 10.1. The van der Waals surface area contributed by atoms with Crippen molar-refractivity contribution in [2.75, 3.05) is 12.3 Å². The maximum atomic E-state index is 11.1. The minimum atomic E-state index is -4.44. The molecule has 0 fully saturated rings. The molecule has 9 heteroatoms. The van der Waals surface area contributed by atoms with E-state index in [4.69, 9.17) is 15.4 Å². The standard InChI is InChI=1S/C8H16N2O6S/c9-4-2-1-3-6(8(12)13)10-7(11)5-17(14,15)16/h6H,1-5,9H2,(H,10,11)(H,12,13)(H,14,15,16)/t6-/m0/s1. The van der Waals surface area contributed by atoms with Gasteiger partial charge in [-0.1, -0.05) is 0 Å². The van der Waals surface area contributed by atoms with Gasteiger partial charge in [0.2, 0.25) is 5.91 Å². The summed E-state index contributed by atoms with van der Waals surface area (Å²) in [5.74, 6) is -3.45. The second kappa shape index (κ2) is 7.20. The summed E-state index contributed by atoms with van der Waals surface area (Å²) in [4.78, 5) is 21.8. The molecule has 0 bridgehead atoms. The molecule has 17 heavy (non-hydrogen) atoms. The first-order chi connectivity index (χ1) is 7.76. The lowest BCUT2D eigenvalue weighted by Crippen LogP contribution is -2.43. The van der Waals surface area contributed by atoms with Gasteiger partial charge in [0.15, 0.2) is 5.75 Å². The molecule has 0 heterocycles. The second-order valence-corrected chi connectivity index (χ2v) is 4.92. The Hall–Kier alpha value is -1.19. The summed E-state index contributed by atoms with van der Waals surface area (Å²) in [6, 6.07) is -1.17. The Bertz CT molecular complexity index is 366. The number of nitrogens with one attached hydrogen (secondary N) is 1. The van der Waals surface area contributed by atoms with Crippen LogP contribution in [0.15, 0.2) is 0 Å². The van der Waals surface area contributed by atoms with Crippen LogP contribution in [0.2, 0.25) is 0 Å². The van der Waals surface area contributed by atoms with Gasteiger partial charge in [0.05, 0.1) is 0 Å². The number of hydrogen-bond acceptors (Lipinski definition) is 5. The summed E-state index contributed by atoms with van der Waals surface area (Å²) >= 11 is 0. The molecule has 0 spiro atoms. The molecule has 0 aliphatic rings. The molecule has 0 rings (SSSR count). The first kappa shape index (κ1) is 15.8. The highest BCUT2D eigenvalue weighted by Gasteiger charge is 2.21. The molecule has 0 unspecified atom stereocenters. The number of carboxylic acids is 1. The molecule has 0 aromatic heterocycles. The maximum absolute atomic E-state index is 11.1. The Balaban J connectivity index is 4.25. The van der Waals surface area contributed by atoms with Crippen molar-refractivity contribution < 1.29 is 27.7 Å². The van der Waals surface area contributed by atoms with Crippen molar-refractivity contribution >= 4 is 22.0 Å². The Morgan fingerprint density at radius 2 is 1.88 bits per heavy atom. The molecular weight excluding hydrogens is 252 g/mol. The average molecular weight is 268 g/mol. The highest BCUT2D eigenvalue weighted by molar-refractivity contribution is 7.86. The third-order valence-electron chi connectivity index (χ3n) is 1.89. The number of unbranched alkanes of at least 4 members (excludes halogenated alkanes) is 1. The Kier molecular flexibility index (Phi) is 6.69.